The normalized spacial score (nSPS) is 17.1. The highest BCUT2D eigenvalue weighted by Gasteiger charge is 2.51. The Labute approximate surface area is 236 Å². The molecule has 3 nitrogen and oxygen atoms in total. The number of allylic oxidation sites excluding steroid dienone is 1. The number of fused-ring (bicyclic) bond motifs is 7. The zero-order valence-corrected chi connectivity index (χ0v) is 24.1. The molecule has 4 heteroatoms. The van der Waals surface area contributed by atoms with Crippen molar-refractivity contribution in [3.63, 3.8) is 0 Å². The molecule has 0 radical (unpaired) electrons. The molecule has 6 aromatic rings. The largest absolute Gasteiger partial charge is 0.490 e. The highest BCUT2D eigenvalue weighted by Crippen LogP contribution is 2.40. The number of benzene rings is 5. The highest BCUT2D eigenvalue weighted by molar-refractivity contribution is 6.55. The number of nitrogens with zero attached hydrogens (tertiary/aromatic N) is 1. The summed E-state index contributed by atoms with van der Waals surface area (Å²) in [6.45, 7) is 12.7. The smallest absolute Gasteiger partial charge is 0.400 e. The zero-order valence-electron chi connectivity index (χ0n) is 24.1. The van der Waals surface area contributed by atoms with Crippen LogP contribution in [-0.2, 0) is 9.31 Å². The van der Waals surface area contributed by atoms with Crippen molar-refractivity contribution in [1.29, 1.82) is 0 Å². The Kier molecular flexibility index (Phi) is 5.54. The quantitative estimate of drug-likeness (QED) is 0.170. The average Bonchev–Trinajstić information content (AvgIpc) is 3.35. The first-order valence-corrected chi connectivity index (χ1v) is 14.1. The Morgan fingerprint density at radius 1 is 0.650 bits per heavy atom. The SMILES string of the molecule is C/C(=C\c1c(C)n(-c2ccc3c4ccccc4c4ccccc4c3c2)c2ccccc12)B1OC(C)(C)C(C)(C)O1. The third-order valence-electron chi connectivity index (χ3n) is 9.14. The maximum Gasteiger partial charge on any atom is 0.490 e. The summed E-state index contributed by atoms with van der Waals surface area (Å²) < 4.78 is 15.1. The standard InChI is InChI=1S/C36H34BNO2/c1-23(37-39-35(3,4)36(5,6)40-37)21-32-24(2)38(34-18-12-11-17-31(32)34)25-19-20-30-28-15-8-7-13-26(28)27-14-9-10-16-29(27)33(30)22-25/h7-22H,1-6H3/b23-21+. The van der Waals surface area contributed by atoms with Crippen LogP contribution in [0.5, 0.6) is 0 Å². The van der Waals surface area contributed by atoms with Crippen LogP contribution in [0.3, 0.4) is 0 Å². The number of hydrogen-bond acceptors (Lipinski definition) is 2. The van der Waals surface area contributed by atoms with Crippen LogP contribution in [0.4, 0.5) is 0 Å². The minimum atomic E-state index is -0.369. The maximum absolute atomic E-state index is 6.37. The van der Waals surface area contributed by atoms with Crippen molar-refractivity contribution in [3.8, 4) is 5.69 Å². The Morgan fingerprint density at radius 2 is 1.12 bits per heavy atom. The third-order valence-corrected chi connectivity index (χ3v) is 9.14. The second kappa shape index (κ2) is 8.82. The monoisotopic (exact) mass is 523 g/mol. The van der Waals surface area contributed by atoms with Crippen molar-refractivity contribution in [2.24, 2.45) is 0 Å². The van der Waals surface area contributed by atoms with Gasteiger partial charge < -0.3 is 13.9 Å². The molecular weight excluding hydrogens is 489 g/mol. The van der Waals surface area contributed by atoms with Crippen molar-refractivity contribution < 1.29 is 9.31 Å². The molecule has 2 heterocycles. The predicted octanol–water partition coefficient (Wildman–Crippen LogP) is 9.43. The van der Waals surface area contributed by atoms with E-state index in [1.807, 2.05) is 0 Å². The molecule has 0 bridgehead atoms. The molecule has 0 unspecified atom stereocenters. The third kappa shape index (κ3) is 3.67. The molecule has 1 aromatic heterocycles. The minimum absolute atomic E-state index is 0.367. The van der Waals surface area contributed by atoms with Gasteiger partial charge in [0.25, 0.3) is 0 Å². The molecule has 1 saturated heterocycles. The van der Waals surface area contributed by atoms with Crippen LogP contribution < -0.4 is 0 Å². The topological polar surface area (TPSA) is 23.4 Å². The molecule has 0 saturated carbocycles. The molecule has 1 aliphatic heterocycles. The van der Waals surface area contributed by atoms with E-state index >= 15 is 0 Å². The molecule has 40 heavy (non-hydrogen) atoms. The summed E-state index contributed by atoms with van der Waals surface area (Å²) in [5.41, 5.74) is 5.09. The van der Waals surface area contributed by atoms with E-state index in [0.717, 1.165) is 11.2 Å². The van der Waals surface area contributed by atoms with Gasteiger partial charge in [0, 0.05) is 22.3 Å². The molecule has 5 aromatic carbocycles. The molecule has 1 fully saturated rings. The Balaban J connectivity index is 1.43. The molecular formula is C36H34BNO2. The number of rotatable bonds is 3. The number of aromatic nitrogens is 1. The van der Waals surface area contributed by atoms with Crippen LogP contribution in [0.2, 0.25) is 0 Å². The van der Waals surface area contributed by atoms with Crippen molar-refractivity contribution in [1.82, 2.24) is 4.57 Å². The van der Waals surface area contributed by atoms with Gasteiger partial charge in [-0.05, 0) is 97.5 Å². The van der Waals surface area contributed by atoms with Crippen molar-refractivity contribution in [3.05, 3.63) is 108 Å². The van der Waals surface area contributed by atoms with Crippen LogP contribution in [0, 0.1) is 6.92 Å². The Morgan fingerprint density at radius 3 is 1.70 bits per heavy atom. The van der Waals surface area contributed by atoms with Crippen molar-refractivity contribution in [2.75, 3.05) is 0 Å². The van der Waals surface area contributed by atoms with Crippen molar-refractivity contribution in [2.45, 2.75) is 52.7 Å². The van der Waals surface area contributed by atoms with Gasteiger partial charge in [-0.3, -0.25) is 0 Å². The summed E-state index contributed by atoms with van der Waals surface area (Å²) in [6, 6.07) is 33.1. The maximum atomic E-state index is 6.37. The number of para-hydroxylation sites is 1. The van der Waals surface area contributed by atoms with Crippen molar-refractivity contribution >= 4 is 56.4 Å². The first-order chi connectivity index (χ1) is 19.2. The molecule has 0 atom stereocenters. The van der Waals surface area contributed by atoms with E-state index in [0.29, 0.717) is 0 Å². The first kappa shape index (κ1) is 25.1. The number of hydrogen-bond donors (Lipinski definition) is 0. The lowest BCUT2D eigenvalue weighted by Gasteiger charge is -2.32. The van der Waals surface area contributed by atoms with E-state index in [2.05, 4.69) is 143 Å². The van der Waals surface area contributed by atoms with Gasteiger partial charge in [-0.15, -0.1) is 0 Å². The summed E-state index contributed by atoms with van der Waals surface area (Å²) in [4.78, 5) is 0. The second-order valence-corrected chi connectivity index (χ2v) is 12.1. The zero-order chi connectivity index (χ0) is 27.8. The van der Waals surface area contributed by atoms with E-state index in [9.17, 15) is 0 Å². The van der Waals surface area contributed by atoms with E-state index in [1.165, 1.54) is 54.5 Å². The molecule has 7 rings (SSSR count). The van der Waals surface area contributed by atoms with Gasteiger partial charge >= 0.3 is 7.12 Å². The summed E-state index contributed by atoms with van der Waals surface area (Å²) in [6.07, 6.45) is 2.25. The van der Waals surface area contributed by atoms with Crippen LogP contribution in [0.25, 0.3) is 55.0 Å². The average molecular weight is 523 g/mol. The fourth-order valence-electron chi connectivity index (χ4n) is 6.27. The minimum Gasteiger partial charge on any atom is -0.400 e. The Bertz CT molecular complexity index is 1940. The molecule has 0 aliphatic carbocycles. The highest BCUT2D eigenvalue weighted by atomic mass is 16.7. The van der Waals surface area contributed by atoms with E-state index in [1.54, 1.807) is 0 Å². The molecule has 0 N–H and O–H groups in total. The van der Waals surface area contributed by atoms with E-state index in [4.69, 9.17) is 9.31 Å². The fraction of sp³-hybridized carbons (Fsp3) is 0.222. The van der Waals surface area contributed by atoms with Gasteiger partial charge in [0.15, 0.2) is 0 Å². The summed E-state index contributed by atoms with van der Waals surface area (Å²) in [5.74, 6) is 0. The van der Waals surface area contributed by atoms with Gasteiger partial charge in [0.2, 0.25) is 0 Å². The Hall–Kier alpha value is -3.86. The lowest BCUT2D eigenvalue weighted by Crippen LogP contribution is -2.41. The molecule has 0 spiro atoms. The van der Waals surface area contributed by atoms with Gasteiger partial charge in [-0.1, -0.05) is 78.9 Å². The van der Waals surface area contributed by atoms with Gasteiger partial charge in [0.1, 0.15) is 0 Å². The van der Waals surface area contributed by atoms with E-state index < -0.39 is 0 Å². The molecule has 0 amide bonds. The predicted molar refractivity (Wildman–Crippen MR) is 170 cm³/mol. The van der Waals surface area contributed by atoms with Gasteiger partial charge in [-0.2, -0.15) is 0 Å². The fourth-order valence-corrected chi connectivity index (χ4v) is 6.27. The molecule has 1 aliphatic rings. The van der Waals surface area contributed by atoms with Crippen LogP contribution in [0.15, 0.2) is 96.5 Å². The summed E-state index contributed by atoms with van der Waals surface area (Å²) in [5, 5.41) is 8.94. The summed E-state index contributed by atoms with van der Waals surface area (Å²) in [7, 11) is -0.369. The lowest BCUT2D eigenvalue weighted by molar-refractivity contribution is 0.00578. The summed E-state index contributed by atoms with van der Waals surface area (Å²) >= 11 is 0. The first-order valence-electron chi connectivity index (χ1n) is 14.1. The van der Waals surface area contributed by atoms with Crippen LogP contribution in [-0.4, -0.2) is 22.9 Å². The molecule has 198 valence electrons. The van der Waals surface area contributed by atoms with E-state index in [-0.39, 0.29) is 18.3 Å². The van der Waals surface area contributed by atoms with Gasteiger partial charge in [-0.25, -0.2) is 0 Å². The second-order valence-electron chi connectivity index (χ2n) is 12.1. The van der Waals surface area contributed by atoms with Crippen LogP contribution in [0.1, 0.15) is 45.9 Å². The van der Waals surface area contributed by atoms with Gasteiger partial charge in [0.05, 0.1) is 16.7 Å². The lowest BCUT2D eigenvalue weighted by atomic mass is 9.78. The van der Waals surface area contributed by atoms with Crippen LogP contribution >= 0.6 is 0 Å².